The van der Waals surface area contributed by atoms with Crippen molar-refractivity contribution in [1.82, 2.24) is 5.32 Å². The Morgan fingerprint density at radius 2 is 1.52 bits per heavy atom. The number of carbonyl (C=O) groups excluding carboxylic acids is 4. The van der Waals surface area contributed by atoms with Crippen LogP contribution >= 0.6 is 11.3 Å². The van der Waals surface area contributed by atoms with Gasteiger partial charge in [0, 0.05) is 11.3 Å². The maximum atomic E-state index is 12.1. The lowest BCUT2D eigenvalue weighted by atomic mass is 10.2. The monoisotopic (exact) mass is 408 g/mol. The topological polar surface area (TPSA) is 102 Å². The summed E-state index contributed by atoms with van der Waals surface area (Å²) in [6.07, 6.45) is 0. The van der Waals surface area contributed by atoms with Crippen molar-refractivity contribution in [3.8, 4) is 0 Å². The Bertz CT molecular complexity index is 1010. The van der Waals surface area contributed by atoms with E-state index in [0.717, 1.165) is 0 Å². The predicted molar refractivity (Wildman–Crippen MR) is 108 cm³/mol. The summed E-state index contributed by atoms with van der Waals surface area (Å²) in [5.74, 6) is -2.26. The maximum Gasteiger partial charge on any atom is 0.338 e. The van der Waals surface area contributed by atoms with Crippen molar-refractivity contribution in [2.75, 3.05) is 11.9 Å². The quantitative estimate of drug-likeness (QED) is 0.610. The number of imide groups is 1. The number of benzene rings is 2. The van der Waals surface area contributed by atoms with E-state index in [1.165, 1.54) is 23.5 Å². The zero-order valence-electron chi connectivity index (χ0n) is 15.1. The van der Waals surface area contributed by atoms with Gasteiger partial charge in [-0.25, -0.2) is 4.79 Å². The number of esters is 1. The van der Waals surface area contributed by atoms with E-state index in [1.54, 1.807) is 60.0 Å². The summed E-state index contributed by atoms with van der Waals surface area (Å²) in [5, 5.41) is 6.66. The summed E-state index contributed by atoms with van der Waals surface area (Å²) in [4.78, 5) is 48.3. The van der Waals surface area contributed by atoms with Crippen molar-refractivity contribution in [3.05, 3.63) is 88.1 Å². The highest BCUT2D eigenvalue weighted by molar-refractivity contribution is 7.12. The van der Waals surface area contributed by atoms with Gasteiger partial charge in [-0.05, 0) is 47.8 Å². The van der Waals surface area contributed by atoms with Gasteiger partial charge in [0.1, 0.15) is 0 Å². The van der Waals surface area contributed by atoms with Gasteiger partial charge in [-0.1, -0.05) is 24.3 Å². The second-order valence-electron chi connectivity index (χ2n) is 5.83. The van der Waals surface area contributed by atoms with Crippen molar-refractivity contribution in [2.45, 2.75) is 0 Å². The van der Waals surface area contributed by atoms with Crippen molar-refractivity contribution in [2.24, 2.45) is 0 Å². The molecule has 29 heavy (non-hydrogen) atoms. The van der Waals surface area contributed by atoms with E-state index < -0.39 is 24.4 Å². The van der Waals surface area contributed by atoms with Gasteiger partial charge in [-0.15, -0.1) is 11.3 Å². The standard InChI is InChI=1S/C21H16N2O5S/c24-18(23-19(25)14-5-2-1-3-6-14)13-28-21(27)15-8-10-16(11-9-15)22-20(26)17-7-4-12-29-17/h1-12H,13H2,(H,22,26)(H,23,24,25). The first-order valence-corrected chi connectivity index (χ1v) is 9.42. The summed E-state index contributed by atoms with van der Waals surface area (Å²) < 4.78 is 4.92. The van der Waals surface area contributed by atoms with Crippen LogP contribution < -0.4 is 10.6 Å². The zero-order chi connectivity index (χ0) is 20.6. The molecule has 0 fully saturated rings. The van der Waals surface area contributed by atoms with E-state index in [0.29, 0.717) is 16.1 Å². The van der Waals surface area contributed by atoms with Crippen LogP contribution in [0.15, 0.2) is 72.1 Å². The summed E-state index contributed by atoms with van der Waals surface area (Å²) in [7, 11) is 0. The molecule has 0 spiro atoms. The number of thiophene rings is 1. The maximum absolute atomic E-state index is 12.1. The molecule has 0 aliphatic heterocycles. The van der Waals surface area contributed by atoms with E-state index in [4.69, 9.17) is 4.74 Å². The lowest BCUT2D eigenvalue weighted by Crippen LogP contribution is -2.34. The van der Waals surface area contributed by atoms with Crippen LogP contribution in [0.4, 0.5) is 5.69 Å². The van der Waals surface area contributed by atoms with Crippen LogP contribution in [-0.2, 0) is 9.53 Å². The molecule has 0 saturated carbocycles. The molecule has 0 saturated heterocycles. The van der Waals surface area contributed by atoms with Crippen LogP contribution in [-0.4, -0.2) is 30.3 Å². The molecule has 0 bridgehead atoms. The molecule has 2 N–H and O–H groups in total. The van der Waals surface area contributed by atoms with Crippen molar-refractivity contribution < 1.29 is 23.9 Å². The van der Waals surface area contributed by atoms with Gasteiger partial charge in [0.15, 0.2) is 6.61 Å². The molecule has 0 unspecified atom stereocenters. The molecule has 146 valence electrons. The Morgan fingerprint density at radius 3 is 2.17 bits per heavy atom. The highest BCUT2D eigenvalue weighted by atomic mass is 32.1. The normalized spacial score (nSPS) is 10.1. The predicted octanol–water partition coefficient (Wildman–Crippen LogP) is 3.11. The first-order valence-electron chi connectivity index (χ1n) is 8.54. The first-order chi connectivity index (χ1) is 14.0. The molecule has 8 heteroatoms. The lowest BCUT2D eigenvalue weighted by molar-refractivity contribution is -0.123. The molecule has 0 radical (unpaired) electrons. The molecule has 3 rings (SSSR count). The number of amides is 3. The molecule has 0 atom stereocenters. The highest BCUT2D eigenvalue weighted by Crippen LogP contribution is 2.14. The van der Waals surface area contributed by atoms with Crippen molar-refractivity contribution in [1.29, 1.82) is 0 Å². The fraction of sp³-hybridized carbons (Fsp3) is 0.0476. The Kier molecular flexibility index (Phi) is 6.49. The fourth-order valence-electron chi connectivity index (χ4n) is 2.33. The number of anilines is 1. The summed E-state index contributed by atoms with van der Waals surface area (Å²) in [6.45, 7) is -0.589. The largest absolute Gasteiger partial charge is 0.452 e. The average molecular weight is 408 g/mol. The van der Waals surface area contributed by atoms with Gasteiger partial charge in [-0.2, -0.15) is 0 Å². The molecule has 3 aromatic rings. The Balaban J connectivity index is 1.48. The first kappa shape index (κ1) is 20.0. The van der Waals surface area contributed by atoms with Crippen molar-refractivity contribution in [3.63, 3.8) is 0 Å². The molecule has 1 aromatic heterocycles. The third kappa shape index (κ3) is 5.60. The molecule has 2 aromatic carbocycles. The van der Waals surface area contributed by atoms with Gasteiger partial charge >= 0.3 is 5.97 Å². The van der Waals surface area contributed by atoms with E-state index in [2.05, 4.69) is 10.6 Å². The fourth-order valence-corrected chi connectivity index (χ4v) is 2.95. The number of hydrogen-bond donors (Lipinski definition) is 2. The van der Waals surface area contributed by atoms with Gasteiger partial charge in [0.2, 0.25) is 0 Å². The minimum Gasteiger partial charge on any atom is -0.452 e. The van der Waals surface area contributed by atoms with E-state index in [1.807, 2.05) is 0 Å². The molecule has 1 heterocycles. The summed E-state index contributed by atoms with van der Waals surface area (Å²) in [5.41, 5.74) is 1.06. The van der Waals surface area contributed by atoms with Crippen molar-refractivity contribution >= 4 is 40.7 Å². The number of ether oxygens (including phenoxy) is 1. The minimum absolute atomic E-state index is 0.210. The number of rotatable bonds is 6. The summed E-state index contributed by atoms with van der Waals surface area (Å²) in [6, 6.07) is 17.8. The number of carbonyl (C=O) groups is 4. The average Bonchev–Trinajstić information content (AvgIpc) is 3.28. The molecule has 7 nitrogen and oxygen atoms in total. The van der Waals surface area contributed by atoms with Crippen LogP contribution in [0.2, 0.25) is 0 Å². The molecule has 3 amide bonds. The van der Waals surface area contributed by atoms with Gasteiger partial charge < -0.3 is 10.1 Å². The molecule has 0 aliphatic carbocycles. The SMILES string of the molecule is O=C(COC(=O)c1ccc(NC(=O)c2cccs2)cc1)NC(=O)c1ccccc1. The third-order valence-corrected chi connectivity index (χ3v) is 4.62. The Labute approximate surface area is 170 Å². The van der Waals surface area contributed by atoms with Gasteiger partial charge in [0.25, 0.3) is 17.7 Å². The second-order valence-corrected chi connectivity index (χ2v) is 6.78. The molecule has 0 aliphatic rings. The minimum atomic E-state index is -0.730. The van der Waals surface area contributed by atoms with Gasteiger partial charge in [0.05, 0.1) is 10.4 Å². The number of nitrogens with one attached hydrogen (secondary N) is 2. The molecular weight excluding hydrogens is 392 g/mol. The van der Waals surface area contributed by atoms with E-state index in [9.17, 15) is 19.2 Å². The Hall–Kier alpha value is -3.78. The van der Waals surface area contributed by atoms with Gasteiger partial charge in [-0.3, -0.25) is 19.7 Å². The Morgan fingerprint density at radius 1 is 0.793 bits per heavy atom. The van der Waals surface area contributed by atoms with Crippen LogP contribution in [0.5, 0.6) is 0 Å². The molecular formula is C21H16N2O5S. The lowest BCUT2D eigenvalue weighted by Gasteiger charge is -2.07. The van der Waals surface area contributed by atoms with Crippen LogP contribution in [0, 0.1) is 0 Å². The smallest absolute Gasteiger partial charge is 0.338 e. The van der Waals surface area contributed by atoms with Crippen LogP contribution in [0.25, 0.3) is 0 Å². The number of hydrogen-bond acceptors (Lipinski definition) is 6. The van der Waals surface area contributed by atoms with E-state index >= 15 is 0 Å². The second kappa shape index (κ2) is 9.43. The zero-order valence-corrected chi connectivity index (χ0v) is 15.9. The van der Waals surface area contributed by atoms with Crippen LogP contribution in [0.1, 0.15) is 30.4 Å². The third-order valence-electron chi connectivity index (χ3n) is 3.75. The van der Waals surface area contributed by atoms with E-state index in [-0.39, 0.29) is 11.5 Å². The highest BCUT2D eigenvalue weighted by Gasteiger charge is 2.14. The summed E-state index contributed by atoms with van der Waals surface area (Å²) >= 11 is 1.32. The van der Waals surface area contributed by atoms with Crippen LogP contribution in [0.3, 0.4) is 0 Å².